The number of carbonyl (C=O) groups is 1. The fourth-order valence-corrected chi connectivity index (χ4v) is 4.03. The summed E-state index contributed by atoms with van der Waals surface area (Å²) in [6.07, 6.45) is 10.9. The van der Waals surface area contributed by atoms with E-state index in [1.54, 1.807) is 6.07 Å². The Morgan fingerprint density at radius 1 is 1.15 bits per heavy atom. The molecule has 1 amide bonds. The van der Waals surface area contributed by atoms with E-state index < -0.39 is 4.92 Å². The number of carbonyl (C=O) groups excluding carboxylic acids is 1. The fourth-order valence-electron chi connectivity index (χ4n) is 4.03. The molecule has 7 nitrogen and oxygen atoms in total. The maximum Gasteiger partial charge on any atom is 0.287 e. The number of nitrogens with zero attached hydrogens (tertiary/aromatic N) is 4. The van der Waals surface area contributed by atoms with Crippen molar-refractivity contribution in [2.75, 3.05) is 31.1 Å². The van der Waals surface area contributed by atoms with Gasteiger partial charge in [0.15, 0.2) is 0 Å². The van der Waals surface area contributed by atoms with Crippen LogP contribution in [0.25, 0.3) is 0 Å². The number of nitro groups is 1. The van der Waals surface area contributed by atoms with Crippen molar-refractivity contribution in [2.45, 2.75) is 51.4 Å². The number of anilines is 1. The highest BCUT2D eigenvalue weighted by Crippen LogP contribution is 2.28. The maximum atomic E-state index is 12.4. The summed E-state index contributed by atoms with van der Waals surface area (Å²) >= 11 is 0. The van der Waals surface area contributed by atoms with Gasteiger partial charge in [-0.3, -0.25) is 14.9 Å². The molecule has 0 unspecified atom stereocenters. The van der Waals surface area contributed by atoms with Gasteiger partial charge in [0.2, 0.25) is 5.91 Å². The Kier molecular flexibility index (Phi) is 6.41. The summed E-state index contributed by atoms with van der Waals surface area (Å²) < 4.78 is 0. The average Bonchev–Trinajstić information content (AvgIpc) is 2.69. The van der Waals surface area contributed by atoms with E-state index >= 15 is 0 Å². The zero-order valence-electron chi connectivity index (χ0n) is 15.3. The van der Waals surface area contributed by atoms with Crippen LogP contribution in [0.5, 0.6) is 0 Å². The van der Waals surface area contributed by atoms with Crippen molar-refractivity contribution in [1.82, 2.24) is 9.88 Å². The molecule has 0 spiro atoms. The van der Waals surface area contributed by atoms with Gasteiger partial charge in [0.1, 0.15) is 12.0 Å². The average molecular weight is 360 g/mol. The minimum atomic E-state index is -0.444. The van der Waals surface area contributed by atoms with Crippen LogP contribution in [-0.4, -0.2) is 46.9 Å². The van der Waals surface area contributed by atoms with Crippen molar-refractivity contribution >= 4 is 17.4 Å². The summed E-state index contributed by atoms with van der Waals surface area (Å²) in [5.74, 6) is 1.83. The van der Waals surface area contributed by atoms with Crippen LogP contribution < -0.4 is 4.90 Å². The van der Waals surface area contributed by atoms with Crippen LogP contribution in [0.4, 0.5) is 11.5 Å². The zero-order chi connectivity index (χ0) is 18.4. The Morgan fingerprint density at radius 3 is 2.50 bits per heavy atom. The third-order valence-corrected chi connectivity index (χ3v) is 5.63. The third-order valence-electron chi connectivity index (χ3n) is 5.63. The molecular formula is C19H28N4O3. The molecule has 1 aromatic rings. The summed E-state index contributed by atoms with van der Waals surface area (Å²) in [5.41, 5.74) is 0.000490. The molecule has 1 saturated heterocycles. The van der Waals surface area contributed by atoms with E-state index in [1.165, 1.54) is 50.8 Å². The fraction of sp³-hybridized carbons (Fsp3) is 0.684. The SMILES string of the molecule is O=C(CCCC1CCCCC1)N1CCN(c2ccc([N+](=O)[O-])cn2)CC1. The van der Waals surface area contributed by atoms with Gasteiger partial charge in [-0.2, -0.15) is 0 Å². The van der Waals surface area contributed by atoms with Crippen LogP contribution in [0.1, 0.15) is 51.4 Å². The predicted molar refractivity (Wildman–Crippen MR) is 100 cm³/mol. The number of rotatable bonds is 6. The normalized spacial score (nSPS) is 18.8. The molecule has 1 saturated carbocycles. The molecule has 0 N–H and O–H groups in total. The lowest BCUT2D eigenvalue weighted by atomic mass is 9.86. The Labute approximate surface area is 154 Å². The maximum absolute atomic E-state index is 12.4. The van der Waals surface area contributed by atoms with Crippen molar-refractivity contribution in [3.63, 3.8) is 0 Å². The van der Waals surface area contributed by atoms with Crippen LogP contribution >= 0.6 is 0 Å². The lowest BCUT2D eigenvalue weighted by Gasteiger charge is -2.35. The Hall–Kier alpha value is -2.18. The number of pyridine rings is 1. The van der Waals surface area contributed by atoms with Crippen molar-refractivity contribution in [2.24, 2.45) is 5.92 Å². The van der Waals surface area contributed by atoms with Crippen molar-refractivity contribution in [3.8, 4) is 0 Å². The molecule has 26 heavy (non-hydrogen) atoms. The summed E-state index contributed by atoms with van der Waals surface area (Å²) in [5, 5.41) is 10.7. The van der Waals surface area contributed by atoms with Gasteiger partial charge in [0.05, 0.1) is 4.92 Å². The number of hydrogen-bond donors (Lipinski definition) is 0. The lowest BCUT2D eigenvalue weighted by molar-refractivity contribution is -0.385. The highest BCUT2D eigenvalue weighted by Gasteiger charge is 2.22. The summed E-state index contributed by atoms with van der Waals surface area (Å²) in [6.45, 7) is 2.83. The molecule has 7 heteroatoms. The molecule has 0 bridgehead atoms. The van der Waals surface area contributed by atoms with Gasteiger partial charge in [-0.05, 0) is 24.8 Å². The smallest absolute Gasteiger partial charge is 0.287 e. The Morgan fingerprint density at radius 2 is 1.88 bits per heavy atom. The van der Waals surface area contributed by atoms with Crippen LogP contribution in [0.3, 0.4) is 0 Å². The van der Waals surface area contributed by atoms with Crippen LogP contribution in [-0.2, 0) is 4.79 Å². The second-order valence-electron chi connectivity index (χ2n) is 7.40. The molecule has 142 valence electrons. The Bertz CT molecular complexity index is 606. The molecule has 1 aromatic heterocycles. The predicted octanol–water partition coefficient (Wildman–Crippen LogP) is 3.39. The van der Waals surface area contributed by atoms with Gasteiger partial charge in [-0.1, -0.05) is 32.1 Å². The van der Waals surface area contributed by atoms with Crippen LogP contribution in [0.2, 0.25) is 0 Å². The highest BCUT2D eigenvalue weighted by molar-refractivity contribution is 5.76. The van der Waals surface area contributed by atoms with Gasteiger partial charge < -0.3 is 9.80 Å². The topological polar surface area (TPSA) is 79.6 Å². The van der Waals surface area contributed by atoms with Gasteiger partial charge in [0.25, 0.3) is 5.69 Å². The number of hydrogen-bond acceptors (Lipinski definition) is 5. The first-order chi connectivity index (χ1) is 12.6. The summed E-state index contributed by atoms with van der Waals surface area (Å²) in [6, 6.07) is 3.16. The quantitative estimate of drug-likeness (QED) is 0.574. The van der Waals surface area contributed by atoms with E-state index in [4.69, 9.17) is 0 Å². The molecule has 1 aliphatic heterocycles. The molecule has 1 aliphatic carbocycles. The third kappa shape index (κ3) is 4.93. The highest BCUT2D eigenvalue weighted by atomic mass is 16.6. The molecule has 0 atom stereocenters. The molecule has 0 aromatic carbocycles. The van der Waals surface area contributed by atoms with E-state index in [2.05, 4.69) is 9.88 Å². The van der Waals surface area contributed by atoms with Crippen LogP contribution in [0, 0.1) is 16.0 Å². The minimum Gasteiger partial charge on any atom is -0.353 e. The van der Waals surface area contributed by atoms with E-state index in [1.807, 2.05) is 4.90 Å². The van der Waals surface area contributed by atoms with E-state index in [-0.39, 0.29) is 11.6 Å². The lowest BCUT2D eigenvalue weighted by Crippen LogP contribution is -2.49. The molecule has 0 radical (unpaired) electrons. The standard InChI is InChI=1S/C19H28N4O3/c24-19(8-4-7-16-5-2-1-3-6-16)22-13-11-21(12-14-22)18-10-9-17(15-20-18)23(25)26/h9-10,15-16H,1-8,11-14H2. The largest absolute Gasteiger partial charge is 0.353 e. The number of aromatic nitrogens is 1. The number of amides is 1. The molecule has 3 rings (SSSR count). The second kappa shape index (κ2) is 8.96. The van der Waals surface area contributed by atoms with Gasteiger partial charge >= 0.3 is 0 Å². The van der Waals surface area contributed by atoms with Gasteiger partial charge in [-0.15, -0.1) is 0 Å². The van der Waals surface area contributed by atoms with E-state index in [9.17, 15) is 14.9 Å². The van der Waals surface area contributed by atoms with Crippen molar-refractivity contribution < 1.29 is 9.72 Å². The first kappa shape index (κ1) is 18.6. The van der Waals surface area contributed by atoms with Gasteiger partial charge in [0, 0.05) is 38.7 Å². The first-order valence-corrected chi connectivity index (χ1v) is 9.76. The van der Waals surface area contributed by atoms with Crippen molar-refractivity contribution in [1.29, 1.82) is 0 Å². The summed E-state index contributed by atoms with van der Waals surface area (Å²) in [4.78, 5) is 30.9. The van der Waals surface area contributed by atoms with E-state index in [0.717, 1.165) is 31.2 Å². The first-order valence-electron chi connectivity index (χ1n) is 9.76. The molecule has 2 heterocycles. The van der Waals surface area contributed by atoms with Gasteiger partial charge in [-0.25, -0.2) is 4.98 Å². The summed E-state index contributed by atoms with van der Waals surface area (Å²) in [7, 11) is 0. The molecular weight excluding hydrogens is 332 g/mol. The van der Waals surface area contributed by atoms with Crippen molar-refractivity contribution in [3.05, 3.63) is 28.4 Å². The Balaban J connectivity index is 1.39. The minimum absolute atomic E-state index is 0.000490. The zero-order valence-corrected chi connectivity index (χ0v) is 15.3. The monoisotopic (exact) mass is 360 g/mol. The molecule has 2 fully saturated rings. The molecule has 2 aliphatic rings. The number of piperazine rings is 1. The van der Waals surface area contributed by atoms with E-state index in [0.29, 0.717) is 19.5 Å². The second-order valence-corrected chi connectivity index (χ2v) is 7.40. The van der Waals surface area contributed by atoms with Crippen LogP contribution in [0.15, 0.2) is 18.3 Å².